The predicted octanol–water partition coefficient (Wildman–Crippen LogP) is 3.23. The highest BCUT2D eigenvalue weighted by atomic mass is 19.1. The first kappa shape index (κ1) is 16.1. The lowest BCUT2D eigenvalue weighted by Crippen LogP contribution is -2.35. The van der Waals surface area contributed by atoms with Crippen LogP contribution in [0.1, 0.15) is 25.7 Å². The van der Waals surface area contributed by atoms with E-state index in [0.29, 0.717) is 0 Å². The molecule has 0 aromatic carbocycles. The van der Waals surface area contributed by atoms with Crippen molar-refractivity contribution in [2.75, 3.05) is 19.6 Å². The van der Waals surface area contributed by atoms with Crippen molar-refractivity contribution in [1.29, 1.82) is 0 Å². The lowest BCUT2D eigenvalue weighted by molar-refractivity contribution is 0.125. The minimum Gasteiger partial charge on any atom is -0.459 e. The molecule has 3 atom stereocenters. The molecule has 4 nitrogen and oxygen atoms in total. The molecule has 1 aromatic rings. The molecule has 5 heteroatoms. The van der Waals surface area contributed by atoms with E-state index in [4.69, 9.17) is 4.74 Å². The Labute approximate surface area is 137 Å². The third-order valence-corrected chi connectivity index (χ3v) is 4.72. The number of nitrogens with zero attached hydrogens (tertiary/aromatic N) is 3. The van der Waals surface area contributed by atoms with Gasteiger partial charge in [0, 0.05) is 19.6 Å². The topological polar surface area (TPSA) is 38.2 Å². The van der Waals surface area contributed by atoms with Crippen LogP contribution in [-0.4, -0.2) is 40.6 Å². The average Bonchev–Trinajstić information content (AvgIpc) is 2.97. The van der Waals surface area contributed by atoms with Crippen LogP contribution in [0.4, 0.5) is 4.39 Å². The zero-order valence-corrected chi connectivity index (χ0v) is 13.4. The second kappa shape index (κ2) is 7.68. The molecule has 1 fully saturated rings. The largest absolute Gasteiger partial charge is 0.459 e. The van der Waals surface area contributed by atoms with Gasteiger partial charge in [-0.1, -0.05) is 18.2 Å². The monoisotopic (exact) mass is 317 g/mol. The summed E-state index contributed by atoms with van der Waals surface area (Å²) in [5, 5.41) is 0. The molecule has 124 valence electrons. The number of hydrogen-bond acceptors (Lipinski definition) is 4. The van der Waals surface area contributed by atoms with Gasteiger partial charge in [-0.2, -0.15) is 0 Å². The quantitative estimate of drug-likeness (QED) is 0.724. The van der Waals surface area contributed by atoms with Gasteiger partial charge in [0.25, 0.3) is 0 Å². The molecule has 1 unspecified atom stereocenters. The molecule has 1 saturated heterocycles. The van der Waals surface area contributed by atoms with Gasteiger partial charge in [0.2, 0.25) is 0 Å². The first-order valence-corrected chi connectivity index (χ1v) is 8.37. The van der Waals surface area contributed by atoms with Crippen LogP contribution in [-0.2, 0) is 0 Å². The standard InChI is InChI=1S/C18H24FN3O/c1-2-3-8-17(23-18-20-9-16(19)10-21-18)13-22-11-14-6-4-5-7-15(14)12-22/h2,4-5,9-10,14-15,17H,1,3,6-8,11-13H2/t14-,15+,17?. The summed E-state index contributed by atoms with van der Waals surface area (Å²) in [6.45, 7) is 6.91. The molecule has 0 bridgehead atoms. The van der Waals surface area contributed by atoms with Gasteiger partial charge in [-0.15, -0.1) is 6.58 Å². The maximum atomic E-state index is 12.9. The Morgan fingerprint density at radius 3 is 2.52 bits per heavy atom. The van der Waals surface area contributed by atoms with Crippen LogP contribution in [0, 0.1) is 17.7 Å². The third-order valence-electron chi connectivity index (χ3n) is 4.72. The molecule has 2 heterocycles. The van der Waals surface area contributed by atoms with Gasteiger partial charge in [-0.3, -0.25) is 4.90 Å². The van der Waals surface area contributed by atoms with E-state index in [-0.39, 0.29) is 12.1 Å². The third kappa shape index (κ3) is 4.38. The number of ether oxygens (including phenoxy) is 1. The number of aromatic nitrogens is 2. The van der Waals surface area contributed by atoms with Crippen LogP contribution in [0.3, 0.4) is 0 Å². The Balaban J connectivity index is 1.58. The number of allylic oxidation sites excluding steroid dienone is 3. The Morgan fingerprint density at radius 1 is 1.26 bits per heavy atom. The van der Waals surface area contributed by atoms with Crippen LogP contribution in [0.15, 0.2) is 37.2 Å². The molecular formula is C18H24FN3O. The minimum absolute atomic E-state index is 0.00609. The summed E-state index contributed by atoms with van der Waals surface area (Å²) in [4.78, 5) is 10.3. The Kier molecular flexibility index (Phi) is 5.39. The van der Waals surface area contributed by atoms with Gasteiger partial charge in [0.1, 0.15) is 6.10 Å². The summed E-state index contributed by atoms with van der Waals surface area (Å²) in [7, 11) is 0. The molecule has 0 N–H and O–H groups in total. The normalized spacial score (nSPS) is 25.1. The summed E-state index contributed by atoms with van der Waals surface area (Å²) >= 11 is 0. The zero-order valence-electron chi connectivity index (χ0n) is 13.4. The van der Waals surface area contributed by atoms with Crippen molar-refractivity contribution in [3.8, 4) is 6.01 Å². The first-order chi connectivity index (χ1) is 11.2. The van der Waals surface area contributed by atoms with E-state index in [9.17, 15) is 4.39 Å². The van der Waals surface area contributed by atoms with E-state index < -0.39 is 5.82 Å². The molecule has 1 aromatic heterocycles. The van der Waals surface area contributed by atoms with Gasteiger partial charge in [0.05, 0.1) is 12.4 Å². The first-order valence-electron chi connectivity index (χ1n) is 8.37. The number of rotatable bonds is 7. The summed E-state index contributed by atoms with van der Waals surface area (Å²) in [6, 6.07) is 0.249. The fourth-order valence-corrected chi connectivity index (χ4v) is 3.55. The van der Waals surface area contributed by atoms with Crippen molar-refractivity contribution in [1.82, 2.24) is 14.9 Å². The maximum absolute atomic E-state index is 12.9. The predicted molar refractivity (Wildman–Crippen MR) is 87.6 cm³/mol. The van der Waals surface area contributed by atoms with Gasteiger partial charge in [-0.25, -0.2) is 14.4 Å². The maximum Gasteiger partial charge on any atom is 0.316 e. The van der Waals surface area contributed by atoms with Crippen LogP contribution >= 0.6 is 0 Å². The van der Waals surface area contributed by atoms with E-state index in [1.807, 2.05) is 6.08 Å². The van der Waals surface area contributed by atoms with E-state index in [2.05, 4.69) is 33.6 Å². The molecule has 0 amide bonds. The van der Waals surface area contributed by atoms with Crippen molar-refractivity contribution in [3.63, 3.8) is 0 Å². The smallest absolute Gasteiger partial charge is 0.316 e. The number of halogens is 1. The molecule has 3 rings (SSSR count). The molecule has 1 aliphatic heterocycles. The highest BCUT2D eigenvalue weighted by Gasteiger charge is 2.33. The molecule has 1 aliphatic carbocycles. The average molecular weight is 317 g/mol. The lowest BCUT2D eigenvalue weighted by Gasteiger charge is -2.23. The molecule has 2 aliphatic rings. The second-order valence-electron chi connectivity index (χ2n) is 6.47. The zero-order chi connectivity index (χ0) is 16.1. The summed E-state index contributed by atoms with van der Waals surface area (Å²) < 4.78 is 18.8. The SMILES string of the molecule is C=CCCC(CN1C[C@H]2CC=CC[C@H]2C1)Oc1ncc(F)cn1. The molecule has 23 heavy (non-hydrogen) atoms. The Morgan fingerprint density at radius 2 is 1.91 bits per heavy atom. The number of likely N-dealkylation sites (tertiary alicyclic amines) is 1. The number of hydrogen-bond donors (Lipinski definition) is 0. The van der Waals surface area contributed by atoms with Crippen molar-refractivity contribution in [2.45, 2.75) is 31.8 Å². The van der Waals surface area contributed by atoms with Crippen molar-refractivity contribution in [3.05, 3.63) is 43.0 Å². The van der Waals surface area contributed by atoms with Crippen LogP contribution in [0.25, 0.3) is 0 Å². The van der Waals surface area contributed by atoms with Gasteiger partial charge in [0.15, 0.2) is 5.82 Å². The molecular weight excluding hydrogens is 293 g/mol. The second-order valence-corrected chi connectivity index (χ2v) is 6.47. The van der Waals surface area contributed by atoms with E-state index in [0.717, 1.165) is 56.7 Å². The van der Waals surface area contributed by atoms with Crippen LogP contribution in [0.5, 0.6) is 6.01 Å². The van der Waals surface area contributed by atoms with Crippen molar-refractivity contribution < 1.29 is 9.13 Å². The van der Waals surface area contributed by atoms with E-state index in [1.165, 1.54) is 12.8 Å². The fourth-order valence-electron chi connectivity index (χ4n) is 3.55. The van der Waals surface area contributed by atoms with Crippen molar-refractivity contribution >= 4 is 0 Å². The van der Waals surface area contributed by atoms with Gasteiger partial charge in [-0.05, 0) is 37.5 Å². The van der Waals surface area contributed by atoms with Crippen LogP contribution in [0.2, 0.25) is 0 Å². The highest BCUT2D eigenvalue weighted by molar-refractivity contribution is 5.00. The number of fused-ring (bicyclic) bond motifs is 1. The molecule has 0 spiro atoms. The van der Waals surface area contributed by atoms with E-state index >= 15 is 0 Å². The Bertz CT molecular complexity index is 530. The summed E-state index contributed by atoms with van der Waals surface area (Å²) in [5.41, 5.74) is 0. The summed E-state index contributed by atoms with van der Waals surface area (Å²) in [5.74, 6) is 1.11. The van der Waals surface area contributed by atoms with Gasteiger partial charge >= 0.3 is 6.01 Å². The molecule has 0 radical (unpaired) electrons. The summed E-state index contributed by atoms with van der Waals surface area (Å²) in [6.07, 6.45) is 12.9. The lowest BCUT2D eigenvalue weighted by atomic mass is 9.86. The van der Waals surface area contributed by atoms with Crippen LogP contribution < -0.4 is 4.74 Å². The fraction of sp³-hybridized carbons (Fsp3) is 0.556. The minimum atomic E-state index is -0.448. The highest BCUT2D eigenvalue weighted by Crippen LogP contribution is 2.33. The molecule has 0 saturated carbocycles. The van der Waals surface area contributed by atoms with Crippen molar-refractivity contribution in [2.24, 2.45) is 11.8 Å². The Hall–Kier alpha value is -1.75. The van der Waals surface area contributed by atoms with Gasteiger partial charge < -0.3 is 4.74 Å². The van der Waals surface area contributed by atoms with E-state index in [1.54, 1.807) is 0 Å².